The fourth-order valence-corrected chi connectivity index (χ4v) is 3.61. The smallest absolute Gasteiger partial charge is 0.228 e. The largest absolute Gasteiger partial charge is 0.302 e. The Morgan fingerprint density at radius 2 is 2.50 bits per heavy atom. The van der Waals surface area contributed by atoms with E-state index in [0.717, 1.165) is 23.9 Å². The van der Waals surface area contributed by atoms with Crippen LogP contribution in [-0.4, -0.2) is 20.7 Å². The molecule has 1 aliphatic carbocycles. The van der Waals surface area contributed by atoms with Gasteiger partial charge in [0.25, 0.3) is 0 Å². The summed E-state index contributed by atoms with van der Waals surface area (Å²) in [5, 5.41) is 7.73. The van der Waals surface area contributed by atoms with Crippen molar-refractivity contribution < 1.29 is 4.79 Å². The van der Waals surface area contributed by atoms with Crippen LogP contribution in [0, 0.1) is 5.92 Å². The van der Waals surface area contributed by atoms with E-state index in [1.807, 2.05) is 12.3 Å². The van der Waals surface area contributed by atoms with Crippen LogP contribution in [0.5, 0.6) is 0 Å². The van der Waals surface area contributed by atoms with Gasteiger partial charge in [-0.05, 0) is 31.2 Å². The molecular weight excluding hydrogens is 272 g/mol. The maximum atomic E-state index is 11.9. The highest BCUT2D eigenvalue weighted by Crippen LogP contribution is 2.32. The highest BCUT2D eigenvalue weighted by molar-refractivity contribution is 7.15. The van der Waals surface area contributed by atoms with Crippen LogP contribution in [0.2, 0.25) is 0 Å². The van der Waals surface area contributed by atoms with Gasteiger partial charge in [-0.2, -0.15) is 5.10 Å². The fourth-order valence-electron chi connectivity index (χ4n) is 2.42. The van der Waals surface area contributed by atoms with Crippen LogP contribution in [0.1, 0.15) is 30.3 Å². The molecule has 6 heteroatoms. The Balaban J connectivity index is 1.56. The van der Waals surface area contributed by atoms with E-state index in [2.05, 4.69) is 22.3 Å². The van der Waals surface area contributed by atoms with E-state index < -0.39 is 0 Å². The lowest BCUT2D eigenvalue weighted by atomic mass is 9.93. The van der Waals surface area contributed by atoms with Crippen molar-refractivity contribution in [2.45, 2.75) is 39.2 Å². The summed E-state index contributed by atoms with van der Waals surface area (Å²) in [7, 11) is 0. The number of carbonyl (C=O) groups is 1. The fraction of sp³-hybridized carbons (Fsp3) is 0.500. The lowest BCUT2D eigenvalue weighted by Gasteiger charge is -2.15. The molecular formula is C14H18N4OS. The first-order valence-corrected chi connectivity index (χ1v) is 7.78. The van der Waals surface area contributed by atoms with Crippen molar-refractivity contribution in [3.05, 3.63) is 29.0 Å². The van der Waals surface area contributed by atoms with E-state index in [0.29, 0.717) is 13.0 Å². The molecule has 0 radical (unpaired) electrons. The van der Waals surface area contributed by atoms with E-state index >= 15 is 0 Å². The van der Waals surface area contributed by atoms with E-state index in [1.165, 1.54) is 17.0 Å². The minimum absolute atomic E-state index is 0.000328. The normalized spacial score (nSPS) is 17.8. The number of hydrogen-bond donors (Lipinski definition) is 1. The van der Waals surface area contributed by atoms with Gasteiger partial charge < -0.3 is 5.32 Å². The summed E-state index contributed by atoms with van der Waals surface area (Å²) < 4.78 is 1.76. The molecule has 106 valence electrons. The summed E-state index contributed by atoms with van der Waals surface area (Å²) in [6, 6.07) is 1.86. The number of anilines is 1. The van der Waals surface area contributed by atoms with Gasteiger partial charge >= 0.3 is 0 Å². The van der Waals surface area contributed by atoms with Crippen LogP contribution in [-0.2, 0) is 24.2 Å². The number of aromatic nitrogens is 3. The van der Waals surface area contributed by atoms with Crippen LogP contribution in [0.3, 0.4) is 0 Å². The number of nitrogens with one attached hydrogen (secondary N) is 1. The molecule has 20 heavy (non-hydrogen) atoms. The summed E-state index contributed by atoms with van der Waals surface area (Å²) in [6.45, 7) is 2.87. The molecule has 0 aliphatic heterocycles. The first kappa shape index (κ1) is 13.3. The molecule has 1 N–H and O–H groups in total. The highest BCUT2D eigenvalue weighted by Gasteiger charge is 2.20. The molecule has 0 fully saturated rings. The van der Waals surface area contributed by atoms with Crippen molar-refractivity contribution in [2.75, 3.05) is 5.32 Å². The minimum atomic E-state index is -0.000328. The zero-order valence-corrected chi connectivity index (χ0v) is 12.3. The van der Waals surface area contributed by atoms with Crippen molar-refractivity contribution in [3.63, 3.8) is 0 Å². The molecule has 0 unspecified atom stereocenters. The predicted octanol–water partition coefficient (Wildman–Crippen LogP) is 2.49. The summed E-state index contributed by atoms with van der Waals surface area (Å²) in [6.07, 6.45) is 7.32. The van der Waals surface area contributed by atoms with E-state index in [-0.39, 0.29) is 5.91 Å². The third-order valence-electron chi connectivity index (χ3n) is 3.56. The molecule has 2 aromatic rings. The molecule has 5 nitrogen and oxygen atoms in total. The molecule has 0 aromatic carbocycles. The summed E-state index contributed by atoms with van der Waals surface area (Å²) >= 11 is 1.63. The van der Waals surface area contributed by atoms with Gasteiger partial charge in [0.2, 0.25) is 5.91 Å². The Hall–Kier alpha value is -1.69. The number of rotatable bonds is 4. The molecule has 2 aromatic heterocycles. The second-order valence-corrected chi connectivity index (χ2v) is 6.39. The molecule has 1 amide bonds. The molecule has 3 rings (SSSR count). The monoisotopic (exact) mass is 290 g/mol. The third-order valence-corrected chi connectivity index (χ3v) is 4.59. The van der Waals surface area contributed by atoms with Gasteiger partial charge in [0, 0.05) is 30.2 Å². The first-order chi connectivity index (χ1) is 9.70. The van der Waals surface area contributed by atoms with Crippen molar-refractivity contribution in [1.82, 2.24) is 14.8 Å². The number of hydrogen-bond acceptors (Lipinski definition) is 4. The first-order valence-electron chi connectivity index (χ1n) is 6.96. The SMILES string of the molecule is C[C@@H]1CCc2nc(NC(=O)CCn3cccn3)sc2C1. The Morgan fingerprint density at radius 1 is 1.60 bits per heavy atom. The lowest BCUT2D eigenvalue weighted by molar-refractivity contribution is -0.116. The van der Waals surface area contributed by atoms with Gasteiger partial charge in [0.05, 0.1) is 5.69 Å². The van der Waals surface area contributed by atoms with Gasteiger partial charge in [-0.15, -0.1) is 11.3 Å². The van der Waals surface area contributed by atoms with Crippen LogP contribution in [0.15, 0.2) is 18.5 Å². The Kier molecular flexibility index (Phi) is 3.82. The van der Waals surface area contributed by atoms with Crippen molar-refractivity contribution in [1.29, 1.82) is 0 Å². The van der Waals surface area contributed by atoms with E-state index in [1.54, 1.807) is 22.2 Å². The van der Waals surface area contributed by atoms with Gasteiger partial charge in [0.1, 0.15) is 0 Å². The quantitative estimate of drug-likeness (QED) is 0.941. The molecule has 1 atom stereocenters. The summed E-state index contributed by atoms with van der Waals surface area (Å²) in [5.74, 6) is 0.728. The van der Waals surface area contributed by atoms with Crippen LogP contribution in [0.25, 0.3) is 0 Å². The van der Waals surface area contributed by atoms with Gasteiger partial charge in [-0.1, -0.05) is 6.92 Å². The third kappa shape index (κ3) is 3.07. The average Bonchev–Trinajstić information content (AvgIpc) is 3.04. The molecule has 0 spiro atoms. The predicted molar refractivity (Wildman–Crippen MR) is 78.8 cm³/mol. The van der Waals surface area contributed by atoms with Crippen LogP contribution >= 0.6 is 11.3 Å². The Labute approximate surface area is 122 Å². The van der Waals surface area contributed by atoms with E-state index in [4.69, 9.17) is 0 Å². The molecule has 1 aliphatic rings. The van der Waals surface area contributed by atoms with E-state index in [9.17, 15) is 4.79 Å². The Morgan fingerprint density at radius 3 is 3.30 bits per heavy atom. The zero-order chi connectivity index (χ0) is 13.9. The maximum Gasteiger partial charge on any atom is 0.228 e. The summed E-state index contributed by atoms with van der Waals surface area (Å²) in [5.41, 5.74) is 1.18. The van der Waals surface area contributed by atoms with Gasteiger partial charge in [-0.25, -0.2) is 4.98 Å². The topological polar surface area (TPSA) is 59.8 Å². The molecule has 2 heterocycles. The van der Waals surface area contributed by atoms with Crippen molar-refractivity contribution >= 4 is 22.4 Å². The van der Waals surface area contributed by atoms with Crippen LogP contribution in [0.4, 0.5) is 5.13 Å². The van der Waals surface area contributed by atoms with Gasteiger partial charge in [0.15, 0.2) is 5.13 Å². The number of aryl methyl sites for hydroxylation is 2. The highest BCUT2D eigenvalue weighted by atomic mass is 32.1. The number of nitrogens with zero attached hydrogens (tertiary/aromatic N) is 3. The number of amides is 1. The number of thiazole rings is 1. The standard InChI is InChI=1S/C14H18N4OS/c1-10-3-4-11-12(9-10)20-14(16-11)17-13(19)5-8-18-7-2-6-15-18/h2,6-7,10H,3-5,8-9H2,1H3,(H,16,17,19)/t10-/m1/s1. The molecule has 0 saturated heterocycles. The molecule has 0 saturated carbocycles. The number of carbonyl (C=O) groups excluding carboxylic acids is 1. The second kappa shape index (κ2) is 5.75. The minimum Gasteiger partial charge on any atom is -0.302 e. The lowest BCUT2D eigenvalue weighted by Crippen LogP contribution is -2.14. The summed E-state index contributed by atoms with van der Waals surface area (Å²) in [4.78, 5) is 17.8. The van der Waals surface area contributed by atoms with Crippen molar-refractivity contribution in [3.8, 4) is 0 Å². The van der Waals surface area contributed by atoms with Gasteiger partial charge in [-0.3, -0.25) is 9.48 Å². The second-order valence-electron chi connectivity index (χ2n) is 5.30. The van der Waals surface area contributed by atoms with Crippen molar-refractivity contribution in [2.24, 2.45) is 5.92 Å². The number of fused-ring (bicyclic) bond motifs is 1. The zero-order valence-electron chi connectivity index (χ0n) is 11.5. The average molecular weight is 290 g/mol. The molecule has 0 bridgehead atoms. The Bertz CT molecular complexity index is 590. The maximum absolute atomic E-state index is 11.9. The van der Waals surface area contributed by atoms with Crippen LogP contribution < -0.4 is 5.32 Å².